The molecule has 1 saturated heterocycles. The van der Waals surface area contributed by atoms with Crippen LogP contribution in [-0.4, -0.2) is 54.3 Å². The van der Waals surface area contributed by atoms with E-state index in [9.17, 15) is 4.79 Å². The van der Waals surface area contributed by atoms with Gasteiger partial charge in [0.15, 0.2) is 0 Å². The molecule has 184 valence electrons. The van der Waals surface area contributed by atoms with Crippen LogP contribution >= 0.6 is 0 Å². The largest absolute Gasteiger partial charge is 0.497 e. The molecule has 1 fully saturated rings. The Kier molecular flexibility index (Phi) is 5.99. The lowest BCUT2D eigenvalue weighted by atomic mass is 10.1. The smallest absolute Gasteiger partial charge is 0.266 e. The van der Waals surface area contributed by atoms with Crippen LogP contribution in [0.3, 0.4) is 0 Å². The SMILES string of the molecule is COc1ccc2[nH]cc(CCCN3CCN(c4ccc(-n5ccc6occc6c5=O)cc4)CC3)c2c1. The van der Waals surface area contributed by atoms with Crippen LogP contribution in [-0.2, 0) is 6.42 Å². The molecular weight excluding hydrogens is 452 g/mol. The molecule has 7 heteroatoms. The number of anilines is 1. The number of hydrogen-bond donors (Lipinski definition) is 1. The van der Waals surface area contributed by atoms with E-state index in [0.717, 1.165) is 62.5 Å². The van der Waals surface area contributed by atoms with Gasteiger partial charge in [-0.05, 0) is 79.5 Å². The first-order valence-electron chi connectivity index (χ1n) is 12.5. The van der Waals surface area contributed by atoms with Gasteiger partial charge < -0.3 is 19.0 Å². The normalized spacial score (nSPS) is 14.6. The third-order valence-electron chi connectivity index (χ3n) is 7.28. The van der Waals surface area contributed by atoms with Gasteiger partial charge in [-0.3, -0.25) is 14.3 Å². The molecule has 0 aliphatic carbocycles. The van der Waals surface area contributed by atoms with Crippen LogP contribution < -0.4 is 15.2 Å². The van der Waals surface area contributed by atoms with E-state index in [1.165, 1.54) is 16.6 Å². The van der Waals surface area contributed by atoms with Crippen LogP contribution in [0.5, 0.6) is 5.75 Å². The second kappa shape index (κ2) is 9.59. The molecule has 3 aromatic heterocycles. The molecule has 5 aromatic rings. The molecule has 1 aliphatic rings. The van der Waals surface area contributed by atoms with E-state index in [1.807, 2.05) is 24.3 Å². The van der Waals surface area contributed by atoms with Gasteiger partial charge in [0.1, 0.15) is 11.3 Å². The number of furan rings is 1. The highest BCUT2D eigenvalue weighted by atomic mass is 16.5. The Bertz CT molecular complexity index is 1540. The van der Waals surface area contributed by atoms with Crippen LogP contribution in [0.2, 0.25) is 0 Å². The average molecular weight is 483 g/mol. The maximum atomic E-state index is 12.7. The van der Waals surface area contributed by atoms with Crippen LogP contribution in [0.25, 0.3) is 27.6 Å². The van der Waals surface area contributed by atoms with Crippen molar-refractivity contribution in [1.29, 1.82) is 0 Å². The van der Waals surface area contributed by atoms with E-state index in [1.54, 1.807) is 30.2 Å². The second-order valence-electron chi connectivity index (χ2n) is 9.36. The van der Waals surface area contributed by atoms with Crippen molar-refractivity contribution in [2.75, 3.05) is 44.7 Å². The molecule has 0 spiro atoms. The van der Waals surface area contributed by atoms with Gasteiger partial charge in [-0.1, -0.05) is 0 Å². The number of nitrogens with zero attached hydrogens (tertiary/aromatic N) is 3. The highest BCUT2D eigenvalue weighted by Gasteiger charge is 2.17. The van der Waals surface area contributed by atoms with Crippen molar-refractivity contribution in [3.05, 3.63) is 89.2 Å². The zero-order chi connectivity index (χ0) is 24.5. The van der Waals surface area contributed by atoms with Crippen molar-refractivity contribution in [2.45, 2.75) is 12.8 Å². The number of fused-ring (bicyclic) bond motifs is 2. The average Bonchev–Trinajstić information content (AvgIpc) is 3.57. The minimum atomic E-state index is -0.0608. The minimum Gasteiger partial charge on any atom is -0.497 e. The van der Waals surface area contributed by atoms with Gasteiger partial charge in [-0.15, -0.1) is 0 Å². The summed E-state index contributed by atoms with van der Waals surface area (Å²) in [5, 5.41) is 1.86. The number of piperazine rings is 1. The van der Waals surface area contributed by atoms with Crippen molar-refractivity contribution in [3.63, 3.8) is 0 Å². The van der Waals surface area contributed by atoms with Crippen LogP contribution in [0, 0.1) is 0 Å². The van der Waals surface area contributed by atoms with Crippen LogP contribution in [0.1, 0.15) is 12.0 Å². The number of rotatable bonds is 7. The highest BCUT2D eigenvalue weighted by molar-refractivity contribution is 5.84. The molecule has 2 aromatic carbocycles. The number of aromatic amines is 1. The summed E-state index contributed by atoms with van der Waals surface area (Å²) in [7, 11) is 1.71. The highest BCUT2D eigenvalue weighted by Crippen LogP contribution is 2.25. The molecule has 0 atom stereocenters. The molecule has 0 saturated carbocycles. The number of benzene rings is 2. The van der Waals surface area contributed by atoms with Crippen molar-refractivity contribution in [3.8, 4) is 11.4 Å². The molecular formula is C29H30N4O3. The van der Waals surface area contributed by atoms with Gasteiger partial charge in [0.2, 0.25) is 0 Å². The summed E-state index contributed by atoms with van der Waals surface area (Å²) in [5.74, 6) is 0.901. The third kappa shape index (κ3) is 4.27. The second-order valence-corrected chi connectivity index (χ2v) is 9.36. The van der Waals surface area contributed by atoms with Crippen molar-refractivity contribution < 1.29 is 9.15 Å². The zero-order valence-electron chi connectivity index (χ0n) is 20.4. The molecule has 1 N–H and O–H groups in total. The molecule has 0 unspecified atom stereocenters. The van der Waals surface area contributed by atoms with E-state index in [2.05, 4.69) is 45.2 Å². The van der Waals surface area contributed by atoms with Crippen LogP contribution in [0.4, 0.5) is 5.69 Å². The first-order valence-corrected chi connectivity index (χ1v) is 12.5. The molecule has 36 heavy (non-hydrogen) atoms. The summed E-state index contributed by atoms with van der Waals surface area (Å²) in [4.78, 5) is 21.1. The van der Waals surface area contributed by atoms with Crippen LogP contribution in [0.15, 0.2) is 82.5 Å². The topological polar surface area (TPSA) is 66.6 Å². The first kappa shape index (κ1) is 22.5. The number of ether oxygens (including phenoxy) is 1. The number of methoxy groups -OCH3 is 1. The standard InChI is InChI=1S/C29H30N4O3/c1-35-24-8-9-27-26(19-24)21(20-30-27)3-2-12-31-14-16-32(17-15-31)22-4-6-23(7-5-22)33-13-10-28-25(29(33)34)11-18-36-28/h4-11,13,18-20,30H,2-3,12,14-17H2,1H3. The van der Waals surface area contributed by atoms with E-state index in [4.69, 9.17) is 9.15 Å². The first-order chi connectivity index (χ1) is 17.7. The number of hydrogen-bond acceptors (Lipinski definition) is 5. The Hall–Kier alpha value is -3.97. The molecule has 4 heterocycles. The summed E-state index contributed by atoms with van der Waals surface area (Å²) in [6.45, 7) is 5.22. The van der Waals surface area contributed by atoms with Gasteiger partial charge in [-0.25, -0.2) is 0 Å². The van der Waals surface area contributed by atoms with E-state index < -0.39 is 0 Å². The summed E-state index contributed by atoms with van der Waals surface area (Å²) in [5.41, 5.74) is 5.14. The van der Waals surface area contributed by atoms with Crippen molar-refractivity contribution in [1.82, 2.24) is 14.5 Å². The summed E-state index contributed by atoms with van der Waals surface area (Å²) in [6, 6.07) is 18.0. The fraction of sp³-hybridized carbons (Fsp3) is 0.276. The summed E-state index contributed by atoms with van der Waals surface area (Å²) < 4.78 is 12.4. The third-order valence-corrected chi connectivity index (χ3v) is 7.28. The molecule has 6 rings (SSSR count). The lowest BCUT2D eigenvalue weighted by Crippen LogP contribution is -2.46. The Morgan fingerprint density at radius 1 is 0.944 bits per heavy atom. The van der Waals surface area contributed by atoms with E-state index >= 15 is 0 Å². The van der Waals surface area contributed by atoms with Crippen molar-refractivity contribution >= 4 is 27.6 Å². The molecule has 0 bridgehead atoms. The number of nitrogens with one attached hydrogen (secondary N) is 1. The quantitative estimate of drug-likeness (QED) is 0.360. The fourth-order valence-corrected chi connectivity index (χ4v) is 5.21. The van der Waals surface area contributed by atoms with Gasteiger partial charge in [0.05, 0.1) is 18.8 Å². The van der Waals surface area contributed by atoms with Gasteiger partial charge in [0, 0.05) is 60.9 Å². The fourth-order valence-electron chi connectivity index (χ4n) is 5.21. The molecule has 0 amide bonds. The lowest BCUT2D eigenvalue weighted by molar-refractivity contribution is 0.255. The Morgan fingerprint density at radius 3 is 2.56 bits per heavy atom. The zero-order valence-corrected chi connectivity index (χ0v) is 20.4. The minimum absolute atomic E-state index is 0.0608. The monoisotopic (exact) mass is 482 g/mol. The predicted molar refractivity (Wildman–Crippen MR) is 144 cm³/mol. The summed E-state index contributed by atoms with van der Waals surface area (Å²) >= 11 is 0. The Labute approximate surface area is 209 Å². The predicted octanol–water partition coefficient (Wildman–Crippen LogP) is 4.83. The maximum absolute atomic E-state index is 12.7. The Morgan fingerprint density at radius 2 is 1.75 bits per heavy atom. The number of pyridine rings is 1. The lowest BCUT2D eigenvalue weighted by Gasteiger charge is -2.36. The number of H-pyrrole nitrogens is 1. The molecule has 0 radical (unpaired) electrons. The van der Waals surface area contributed by atoms with Crippen molar-refractivity contribution in [2.24, 2.45) is 0 Å². The Balaban J connectivity index is 1.03. The van der Waals surface area contributed by atoms with E-state index in [0.29, 0.717) is 11.0 Å². The molecule has 1 aliphatic heterocycles. The van der Waals surface area contributed by atoms with E-state index in [-0.39, 0.29) is 5.56 Å². The van der Waals surface area contributed by atoms with Gasteiger partial charge >= 0.3 is 0 Å². The number of aryl methyl sites for hydroxylation is 1. The summed E-state index contributed by atoms with van der Waals surface area (Å²) in [6.07, 6.45) is 7.65. The molecule has 7 nitrogen and oxygen atoms in total. The van der Waals surface area contributed by atoms with Gasteiger partial charge in [-0.2, -0.15) is 0 Å². The maximum Gasteiger partial charge on any atom is 0.266 e. The van der Waals surface area contributed by atoms with Gasteiger partial charge in [0.25, 0.3) is 5.56 Å². The number of aromatic nitrogens is 2.